The smallest absolute Gasteiger partial charge is 0.268 e. The fourth-order valence-electron chi connectivity index (χ4n) is 1.55. The molecule has 1 amide bonds. The zero-order chi connectivity index (χ0) is 12.1. The van der Waals surface area contributed by atoms with E-state index in [-0.39, 0.29) is 11.9 Å². The van der Waals surface area contributed by atoms with Gasteiger partial charge in [0.15, 0.2) is 6.29 Å². The van der Waals surface area contributed by atoms with Crippen molar-refractivity contribution >= 4 is 5.91 Å². The lowest BCUT2D eigenvalue weighted by Crippen LogP contribution is -2.43. The van der Waals surface area contributed by atoms with Crippen molar-refractivity contribution in [3.63, 3.8) is 0 Å². The molecule has 90 valence electrons. The van der Waals surface area contributed by atoms with Crippen LogP contribution < -0.4 is 5.32 Å². The van der Waals surface area contributed by atoms with Crippen LogP contribution in [-0.4, -0.2) is 37.0 Å². The molecule has 1 rings (SSSR count). The van der Waals surface area contributed by atoms with E-state index in [2.05, 4.69) is 5.32 Å². The lowest BCUT2D eigenvalue weighted by molar-refractivity contribution is -0.117. The quantitative estimate of drug-likeness (QED) is 0.754. The van der Waals surface area contributed by atoms with E-state index in [1.54, 1.807) is 24.9 Å². The van der Waals surface area contributed by atoms with E-state index in [1.807, 2.05) is 26.2 Å². The number of rotatable bonds is 5. The van der Waals surface area contributed by atoms with Gasteiger partial charge in [0.25, 0.3) is 5.91 Å². The SMILES string of the molecule is COC(OC)C(C)NC(=O)c1cccn1C. The third-order valence-corrected chi connectivity index (χ3v) is 2.41. The number of amides is 1. The van der Waals surface area contributed by atoms with E-state index >= 15 is 0 Å². The molecular weight excluding hydrogens is 208 g/mol. The van der Waals surface area contributed by atoms with Crippen molar-refractivity contribution in [2.24, 2.45) is 7.05 Å². The highest BCUT2D eigenvalue weighted by molar-refractivity contribution is 5.92. The zero-order valence-corrected chi connectivity index (χ0v) is 10.1. The highest BCUT2D eigenvalue weighted by atomic mass is 16.7. The van der Waals surface area contributed by atoms with Gasteiger partial charge in [0, 0.05) is 27.5 Å². The molecule has 0 saturated carbocycles. The first-order chi connectivity index (χ1) is 7.60. The number of hydrogen-bond acceptors (Lipinski definition) is 3. The van der Waals surface area contributed by atoms with E-state index < -0.39 is 6.29 Å². The molecule has 1 atom stereocenters. The molecule has 0 fully saturated rings. The molecule has 1 aromatic rings. The van der Waals surface area contributed by atoms with Crippen molar-refractivity contribution in [2.45, 2.75) is 19.3 Å². The van der Waals surface area contributed by atoms with Crippen LogP contribution in [0.15, 0.2) is 18.3 Å². The van der Waals surface area contributed by atoms with Gasteiger partial charge in [0.2, 0.25) is 0 Å². The van der Waals surface area contributed by atoms with Crippen LogP contribution in [0.2, 0.25) is 0 Å². The average molecular weight is 226 g/mol. The first-order valence-corrected chi connectivity index (χ1v) is 5.08. The van der Waals surface area contributed by atoms with Crippen LogP contribution in [0.25, 0.3) is 0 Å². The van der Waals surface area contributed by atoms with Gasteiger partial charge in [-0.3, -0.25) is 4.79 Å². The van der Waals surface area contributed by atoms with Gasteiger partial charge >= 0.3 is 0 Å². The summed E-state index contributed by atoms with van der Waals surface area (Å²) in [4.78, 5) is 11.8. The summed E-state index contributed by atoms with van der Waals surface area (Å²) in [5, 5.41) is 2.82. The summed E-state index contributed by atoms with van der Waals surface area (Å²) in [6.07, 6.45) is 1.38. The lowest BCUT2D eigenvalue weighted by atomic mass is 10.3. The van der Waals surface area contributed by atoms with Crippen LogP contribution in [-0.2, 0) is 16.5 Å². The molecule has 0 aliphatic carbocycles. The van der Waals surface area contributed by atoms with Crippen LogP contribution >= 0.6 is 0 Å². The topological polar surface area (TPSA) is 52.5 Å². The van der Waals surface area contributed by atoms with Crippen molar-refractivity contribution in [2.75, 3.05) is 14.2 Å². The molecule has 16 heavy (non-hydrogen) atoms. The van der Waals surface area contributed by atoms with E-state index in [1.165, 1.54) is 0 Å². The Hall–Kier alpha value is -1.33. The van der Waals surface area contributed by atoms with E-state index in [9.17, 15) is 4.79 Å². The molecular formula is C11H18N2O3. The maximum absolute atomic E-state index is 11.8. The lowest BCUT2D eigenvalue weighted by Gasteiger charge is -2.22. The van der Waals surface area contributed by atoms with Crippen molar-refractivity contribution in [3.8, 4) is 0 Å². The molecule has 1 aromatic heterocycles. The molecule has 1 unspecified atom stereocenters. The fraction of sp³-hybridized carbons (Fsp3) is 0.545. The third kappa shape index (κ3) is 2.84. The van der Waals surface area contributed by atoms with Crippen LogP contribution in [0.5, 0.6) is 0 Å². The van der Waals surface area contributed by atoms with E-state index in [0.717, 1.165) is 0 Å². The summed E-state index contributed by atoms with van der Waals surface area (Å²) in [6.45, 7) is 1.83. The Labute approximate surface area is 95.3 Å². The Morgan fingerprint density at radius 2 is 2.06 bits per heavy atom. The highest BCUT2D eigenvalue weighted by Gasteiger charge is 2.19. The van der Waals surface area contributed by atoms with Gasteiger partial charge in [-0.15, -0.1) is 0 Å². The molecule has 0 saturated heterocycles. The first kappa shape index (κ1) is 12.7. The molecule has 0 aliphatic rings. The summed E-state index contributed by atoms with van der Waals surface area (Å²) in [6, 6.07) is 3.37. The molecule has 0 spiro atoms. The van der Waals surface area contributed by atoms with Crippen LogP contribution in [0.3, 0.4) is 0 Å². The summed E-state index contributed by atoms with van der Waals surface area (Å²) in [7, 11) is 4.91. The molecule has 0 bridgehead atoms. The Morgan fingerprint density at radius 1 is 1.44 bits per heavy atom. The van der Waals surface area contributed by atoms with Crippen molar-refractivity contribution in [1.29, 1.82) is 0 Å². The average Bonchev–Trinajstić information content (AvgIpc) is 2.66. The van der Waals surface area contributed by atoms with Gasteiger partial charge in [0.05, 0.1) is 6.04 Å². The third-order valence-electron chi connectivity index (χ3n) is 2.41. The van der Waals surface area contributed by atoms with Gasteiger partial charge in [-0.25, -0.2) is 0 Å². The Bertz CT molecular complexity index is 345. The highest BCUT2D eigenvalue weighted by Crippen LogP contribution is 2.03. The molecule has 0 aliphatic heterocycles. The Kier molecular flexibility index (Phi) is 4.52. The molecule has 5 nitrogen and oxygen atoms in total. The Morgan fingerprint density at radius 3 is 2.50 bits per heavy atom. The van der Waals surface area contributed by atoms with Gasteiger partial charge in [-0.2, -0.15) is 0 Å². The second kappa shape index (κ2) is 5.67. The van der Waals surface area contributed by atoms with Crippen molar-refractivity contribution in [3.05, 3.63) is 24.0 Å². The van der Waals surface area contributed by atoms with E-state index in [0.29, 0.717) is 5.69 Å². The second-order valence-electron chi connectivity index (χ2n) is 3.61. The summed E-state index contributed by atoms with van der Waals surface area (Å²) < 4.78 is 11.9. The predicted molar refractivity (Wildman–Crippen MR) is 60.1 cm³/mol. The van der Waals surface area contributed by atoms with E-state index in [4.69, 9.17) is 9.47 Å². The Balaban J connectivity index is 2.61. The summed E-state index contributed by atoms with van der Waals surface area (Å²) in [5.41, 5.74) is 0.609. The minimum atomic E-state index is -0.441. The van der Waals surface area contributed by atoms with Crippen LogP contribution in [0, 0.1) is 0 Å². The molecule has 0 radical (unpaired) electrons. The molecule has 1 N–H and O–H groups in total. The largest absolute Gasteiger partial charge is 0.354 e. The maximum Gasteiger partial charge on any atom is 0.268 e. The first-order valence-electron chi connectivity index (χ1n) is 5.08. The predicted octanol–water partition coefficient (Wildman–Crippen LogP) is 0.762. The van der Waals surface area contributed by atoms with Gasteiger partial charge in [-0.1, -0.05) is 0 Å². The number of aromatic nitrogens is 1. The maximum atomic E-state index is 11.8. The van der Waals surface area contributed by atoms with Crippen molar-refractivity contribution in [1.82, 2.24) is 9.88 Å². The van der Waals surface area contributed by atoms with Gasteiger partial charge < -0.3 is 19.4 Å². The van der Waals surface area contributed by atoms with Crippen LogP contribution in [0.4, 0.5) is 0 Å². The van der Waals surface area contributed by atoms with Crippen molar-refractivity contribution < 1.29 is 14.3 Å². The molecule has 1 heterocycles. The van der Waals surface area contributed by atoms with Crippen LogP contribution in [0.1, 0.15) is 17.4 Å². The monoisotopic (exact) mass is 226 g/mol. The standard InChI is InChI=1S/C11H18N2O3/c1-8(11(15-3)16-4)12-10(14)9-6-5-7-13(9)2/h5-8,11H,1-4H3,(H,12,14). The number of nitrogens with zero attached hydrogens (tertiary/aromatic N) is 1. The minimum Gasteiger partial charge on any atom is -0.354 e. The number of nitrogens with one attached hydrogen (secondary N) is 1. The second-order valence-corrected chi connectivity index (χ2v) is 3.61. The number of carbonyl (C=O) groups excluding carboxylic acids is 1. The molecule has 5 heteroatoms. The number of carbonyl (C=O) groups is 1. The summed E-state index contributed by atoms with van der Waals surface area (Å²) >= 11 is 0. The zero-order valence-electron chi connectivity index (χ0n) is 10.1. The minimum absolute atomic E-state index is 0.140. The normalized spacial score (nSPS) is 12.8. The fourth-order valence-corrected chi connectivity index (χ4v) is 1.55. The summed E-state index contributed by atoms with van der Waals surface area (Å²) in [5.74, 6) is -0.140. The van der Waals surface area contributed by atoms with Gasteiger partial charge in [0.1, 0.15) is 5.69 Å². The molecule has 0 aromatic carbocycles. The number of ether oxygens (including phenoxy) is 2. The number of methoxy groups -OCH3 is 2. The van der Waals surface area contributed by atoms with Gasteiger partial charge in [-0.05, 0) is 19.1 Å². The number of aryl methyl sites for hydroxylation is 1. The number of hydrogen-bond donors (Lipinski definition) is 1.